The van der Waals surface area contributed by atoms with Crippen molar-refractivity contribution in [3.63, 3.8) is 0 Å². The van der Waals surface area contributed by atoms with Crippen LogP contribution in [0.25, 0.3) is 0 Å². The number of thiophene rings is 1. The van der Waals surface area contributed by atoms with Gasteiger partial charge in [-0.2, -0.15) is 5.10 Å². The highest BCUT2D eigenvalue weighted by atomic mass is 32.1. The second kappa shape index (κ2) is 8.12. The molecule has 144 valence electrons. The zero-order valence-corrected chi connectivity index (χ0v) is 16.8. The van der Waals surface area contributed by atoms with Crippen LogP contribution in [-0.4, -0.2) is 23.2 Å². The van der Waals surface area contributed by atoms with E-state index in [1.54, 1.807) is 22.6 Å². The van der Waals surface area contributed by atoms with Gasteiger partial charge in [-0.1, -0.05) is 35.9 Å². The second-order valence-corrected chi connectivity index (χ2v) is 7.98. The van der Waals surface area contributed by atoms with Crippen LogP contribution in [-0.2, 0) is 4.79 Å². The Labute approximate surface area is 168 Å². The first-order chi connectivity index (χ1) is 13.6. The van der Waals surface area contributed by atoms with E-state index in [1.165, 1.54) is 10.4 Å². The molecule has 0 fully saturated rings. The van der Waals surface area contributed by atoms with Gasteiger partial charge in [-0.25, -0.2) is 5.01 Å². The Morgan fingerprint density at radius 2 is 2.11 bits per heavy atom. The number of carbonyl (C=O) groups excluding carboxylic acids is 1. The molecular formula is C22H23N3O2S. The summed E-state index contributed by atoms with van der Waals surface area (Å²) in [4.78, 5) is 14.2. The molecule has 0 saturated heterocycles. The molecule has 28 heavy (non-hydrogen) atoms. The lowest BCUT2D eigenvalue weighted by molar-refractivity contribution is -0.132. The molecule has 1 aliphatic rings. The summed E-state index contributed by atoms with van der Waals surface area (Å²) in [7, 11) is 0. The summed E-state index contributed by atoms with van der Waals surface area (Å²) in [5.74, 6) is 0.692. The van der Waals surface area contributed by atoms with Crippen LogP contribution >= 0.6 is 11.3 Å². The van der Waals surface area contributed by atoms with Crippen LogP contribution < -0.4 is 5.32 Å². The van der Waals surface area contributed by atoms with Crippen LogP contribution in [0.4, 0.5) is 0 Å². The van der Waals surface area contributed by atoms with Gasteiger partial charge >= 0.3 is 0 Å². The summed E-state index contributed by atoms with van der Waals surface area (Å²) < 4.78 is 5.60. The number of amides is 1. The summed E-state index contributed by atoms with van der Waals surface area (Å²) in [5.41, 5.74) is 3.14. The predicted octanol–water partition coefficient (Wildman–Crippen LogP) is 4.68. The summed E-state index contributed by atoms with van der Waals surface area (Å²) in [6, 6.07) is 16.0. The number of benzene rings is 1. The van der Waals surface area contributed by atoms with Crippen molar-refractivity contribution in [1.29, 1.82) is 0 Å². The van der Waals surface area contributed by atoms with E-state index in [9.17, 15) is 4.79 Å². The number of hydrogen-bond acceptors (Lipinski definition) is 5. The van der Waals surface area contributed by atoms with Gasteiger partial charge in [0.15, 0.2) is 0 Å². The third-order valence-electron chi connectivity index (χ3n) is 4.95. The molecular weight excluding hydrogens is 370 g/mol. The fourth-order valence-electron chi connectivity index (χ4n) is 3.32. The van der Waals surface area contributed by atoms with E-state index in [0.29, 0.717) is 6.42 Å². The van der Waals surface area contributed by atoms with Gasteiger partial charge in [-0.05, 0) is 43.0 Å². The van der Waals surface area contributed by atoms with Gasteiger partial charge in [0.2, 0.25) is 0 Å². The minimum absolute atomic E-state index is 0.0630. The summed E-state index contributed by atoms with van der Waals surface area (Å²) >= 11 is 1.68. The van der Waals surface area contributed by atoms with E-state index in [0.717, 1.165) is 17.0 Å². The van der Waals surface area contributed by atoms with Crippen molar-refractivity contribution in [1.82, 2.24) is 10.3 Å². The molecule has 5 nitrogen and oxygen atoms in total. The molecule has 1 aliphatic heterocycles. The average molecular weight is 394 g/mol. The molecule has 2 atom stereocenters. The monoisotopic (exact) mass is 393 g/mol. The van der Waals surface area contributed by atoms with Gasteiger partial charge < -0.3 is 9.73 Å². The van der Waals surface area contributed by atoms with E-state index < -0.39 is 0 Å². The van der Waals surface area contributed by atoms with E-state index in [4.69, 9.17) is 4.42 Å². The van der Waals surface area contributed by atoms with Crippen LogP contribution in [0.3, 0.4) is 0 Å². The van der Waals surface area contributed by atoms with Crippen LogP contribution in [0.1, 0.15) is 47.2 Å². The lowest BCUT2D eigenvalue weighted by atomic mass is 10.0. The van der Waals surface area contributed by atoms with Crippen LogP contribution in [0.2, 0.25) is 0 Å². The van der Waals surface area contributed by atoms with Crippen molar-refractivity contribution in [2.75, 3.05) is 6.54 Å². The first-order valence-corrected chi connectivity index (χ1v) is 10.3. The van der Waals surface area contributed by atoms with Crippen molar-refractivity contribution in [2.45, 2.75) is 32.4 Å². The molecule has 4 rings (SSSR count). The molecule has 6 heteroatoms. The average Bonchev–Trinajstić information content (AvgIpc) is 3.47. The molecule has 3 heterocycles. The normalized spacial score (nSPS) is 17.6. The first kappa shape index (κ1) is 18.7. The molecule has 2 aromatic heterocycles. The zero-order valence-electron chi connectivity index (χ0n) is 16.0. The van der Waals surface area contributed by atoms with Crippen LogP contribution in [0.15, 0.2) is 69.7 Å². The standard InChI is InChI=1S/C22H23N3O2S/c1-15-7-9-17(10-8-15)18-13-19(20-5-3-11-27-20)25(24-18)22(26)14-23-16(2)21-6-4-12-28-21/h3-12,16,19,23H,13-14H2,1-2H3/t16-,19+/m1/s1. The maximum atomic E-state index is 13.0. The largest absolute Gasteiger partial charge is 0.467 e. The van der Waals surface area contributed by atoms with Crippen molar-refractivity contribution in [3.8, 4) is 0 Å². The summed E-state index contributed by atoms with van der Waals surface area (Å²) in [5, 5.41) is 11.6. The predicted molar refractivity (Wildman–Crippen MR) is 111 cm³/mol. The Morgan fingerprint density at radius 3 is 2.79 bits per heavy atom. The lowest BCUT2D eigenvalue weighted by Gasteiger charge is -2.21. The Hall–Kier alpha value is -2.70. The van der Waals surface area contributed by atoms with Crippen molar-refractivity contribution >= 4 is 23.0 Å². The topological polar surface area (TPSA) is 57.8 Å². The second-order valence-electron chi connectivity index (χ2n) is 7.00. The SMILES string of the molecule is Cc1ccc(C2=NN(C(=O)CN[C@H](C)c3cccs3)[C@H](c3ccco3)C2)cc1. The fraction of sp³-hybridized carbons (Fsp3) is 0.273. The number of furan rings is 1. The van der Waals surface area contributed by atoms with E-state index in [1.807, 2.05) is 23.6 Å². The molecule has 0 saturated carbocycles. The number of carbonyl (C=O) groups is 1. The number of nitrogens with zero attached hydrogens (tertiary/aromatic N) is 2. The van der Waals surface area contributed by atoms with Gasteiger partial charge in [0.1, 0.15) is 11.8 Å². The van der Waals surface area contributed by atoms with Gasteiger partial charge in [0.25, 0.3) is 5.91 Å². The van der Waals surface area contributed by atoms with E-state index in [-0.39, 0.29) is 24.5 Å². The van der Waals surface area contributed by atoms with Gasteiger partial charge in [0.05, 0.1) is 18.5 Å². The van der Waals surface area contributed by atoms with E-state index in [2.05, 4.69) is 54.6 Å². The first-order valence-electron chi connectivity index (χ1n) is 9.38. The Balaban J connectivity index is 1.52. The minimum Gasteiger partial charge on any atom is -0.467 e. The van der Waals surface area contributed by atoms with E-state index >= 15 is 0 Å². The quantitative estimate of drug-likeness (QED) is 0.662. The van der Waals surface area contributed by atoms with Crippen LogP contribution in [0.5, 0.6) is 0 Å². The summed E-state index contributed by atoms with van der Waals surface area (Å²) in [6.07, 6.45) is 2.28. The molecule has 0 aliphatic carbocycles. The molecule has 1 aromatic carbocycles. The number of nitrogens with one attached hydrogen (secondary N) is 1. The Kier molecular flexibility index (Phi) is 5.41. The van der Waals surface area contributed by atoms with Crippen molar-refractivity contribution in [3.05, 3.63) is 81.9 Å². The van der Waals surface area contributed by atoms with Gasteiger partial charge in [-0.3, -0.25) is 4.79 Å². The maximum absolute atomic E-state index is 13.0. The Morgan fingerprint density at radius 1 is 1.29 bits per heavy atom. The minimum atomic E-state index is -0.211. The number of hydrazone groups is 1. The number of hydrogen-bond donors (Lipinski definition) is 1. The van der Waals surface area contributed by atoms with Gasteiger partial charge in [-0.15, -0.1) is 11.3 Å². The number of rotatable bonds is 6. The maximum Gasteiger partial charge on any atom is 0.257 e. The van der Waals surface area contributed by atoms with Crippen molar-refractivity contribution < 1.29 is 9.21 Å². The van der Waals surface area contributed by atoms with Crippen LogP contribution in [0, 0.1) is 6.92 Å². The molecule has 1 N–H and O–H groups in total. The summed E-state index contributed by atoms with van der Waals surface area (Å²) in [6.45, 7) is 4.34. The number of aryl methyl sites for hydroxylation is 1. The molecule has 1 amide bonds. The third-order valence-corrected chi connectivity index (χ3v) is 6.01. The molecule has 0 spiro atoms. The third kappa shape index (κ3) is 3.93. The fourth-order valence-corrected chi connectivity index (χ4v) is 4.08. The Bertz CT molecular complexity index is 946. The highest BCUT2D eigenvalue weighted by Gasteiger charge is 2.34. The van der Waals surface area contributed by atoms with Crippen molar-refractivity contribution in [2.24, 2.45) is 5.10 Å². The molecule has 3 aromatic rings. The molecule has 0 radical (unpaired) electrons. The van der Waals surface area contributed by atoms with Gasteiger partial charge in [0, 0.05) is 17.3 Å². The zero-order chi connectivity index (χ0) is 19.5. The molecule has 0 unspecified atom stereocenters. The lowest BCUT2D eigenvalue weighted by Crippen LogP contribution is -2.36. The molecule has 0 bridgehead atoms. The smallest absolute Gasteiger partial charge is 0.257 e. The highest BCUT2D eigenvalue weighted by Crippen LogP contribution is 2.33. The highest BCUT2D eigenvalue weighted by molar-refractivity contribution is 7.10.